The summed E-state index contributed by atoms with van der Waals surface area (Å²) in [4.78, 5) is 0.169. The van der Waals surface area contributed by atoms with Crippen molar-refractivity contribution in [3.63, 3.8) is 0 Å². The van der Waals surface area contributed by atoms with Gasteiger partial charge in [-0.3, -0.25) is 0 Å². The van der Waals surface area contributed by atoms with E-state index in [1.165, 1.54) is 17.3 Å². The Morgan fingerprint density at radius 3 is 2.30 bits per heavy atom. The van der Waals surface area contributed by atoms with Crippen molar-refractivity contribution in [2.75, 3.05) is 0 Å². The topological polar surface area (TPSA) is 66.8 Å². The Morgan fingerprint density at radius 2 is 1.74 bits per heavy atom. The Labute approximate surface area is 161 Å². The maximum atomic E-state index is 13.4. The zero-order chi connectivity index (χ0) is 19.8. The molecular weight excluding hydrogens is 362 g/mol. The summed E-state index contributed by atoms with van der Waals surface area (Å²) in [5.74, 6) is 0. The molecule has 5 nitrogen and oxygen atoms in total. The van der Waals surface area contributed by atoms with E-state index < -0.39 is 34.0 Å². The lowest BCUT2D eigenvalue weighted by molar-refractivity contribution is -0.0943. The molecule has 1 N–H and O–H groups in total. The molecule has 1 aliphatic rings. The summed E-state index contributed by atoms with van der Waals surface area (Å²) in [6.45, 7) is 8.84. The first-order valence-corrected chi connectivity index (χ1v) is 10.3. The second kappa shape index (κ2) is 7.20. The first-order chi connectivity index (χ1) is 12.7. The SMILES string of the molecule is C=C[C@](C)(O)[C@@H]1O[C@H](c2ccccc2)[C@H](C)N1S(=O)(=O)c1ccc(C)cc1. The first kappa shape index (κ1) is 19.8. The summed E-state index contributed by atoms with van der Waals surface area (Å²) >= 11 is 0. The molecule has 2 aromatic rings. The molecule has 1 saturated heterocycles. The van der Waals surface area contributed by atoms with Crippen molar-refractivity contribution in [2.24, 2.45) is 0 Å². The normalized spacial score (nSPS) is 25.9. The smallest absolute Gasteiger partial charge is 0.245 e. The van der Waals surface area contributed by atoms with Crippen molar-refractivity contribution in [2.45, 2.75) is 49.6 Å². The number of nitrogens with zero attached hydrogens (tertiary/aromatic N) is 1. The fraction of sp³-hybridized carbons (Fsp3) is 0.333. The molecule has 0 spiro atoms. The molecule has 0 radical (unpaired) electrons. The number of sulfonamides is 1. The van der Waals surface area contributed by atoms with Crippen LogP contribution in [0.5, 0.6) is 0 Å². The van der Waals surface area contributed by atoms with Crippen LogP contribution in [0.4, 0.5) is 0 Å². The van der Waals surface area contributed by atoms with E-state index in [2.05, 4.69) is 6.58 Å². The number of benzene rings is 2. The fourth-order valence-electron chi connectivity index (χ4n) is 3.33. The van der Waals surface area contributed by atoms with Gasteiger partial charge in [-0.2, -0.15) is 4.31 Å². The standard InChI is InChI=1S/C21H25NO4S/c1-5-21(4,23)20-22(27(24,25)18-13-11-15(2)12-14-18)16(3)19(26-20)17-9-7-6-8-10-17/h5-14,16,19-20,23H,1H2,2-4H3/t16-,19-,20-,21-/m0/s1. The number of aryl methyl sites for hydroxylation is 1. The van der Waals surface area contributed by atoms with Crippen LogP contribution in [0, 0.1) is 6.92 Å². The highest BCUT2D eigenvalue weighted by Gasteiger charge is 2.53. The lowest BCUT2D eigenvalue weighted by Gasteiger charge is -2.33. The number of rotatable bonds is 5. The molecule has 1 fully saturated rings. The molecule has 0 saturated carbocycles. The largest absolute Gasteiger partial charge is 0.382 e. The lowest BCUT2D eigenvalue weighted by atomic mass is 10.0. The van der Waals surface area contributed by atoms with Gasteiger partial charge < -0.3 is 9.84 Å². The first-order valence-electron chi connectivity index (χ1n) is 8.85. The van der Waals surface area contributed by atoms with E-state index in [0.717, 1.165) is 11.1 Å². The molecule has 0 bridgehead atoms. The van der Waals surface area contributed by atoms with Gasteiger partial charge in [-0.15, -0.1) is 6.58 Å². The van der Waals surface area contributed by atoms with E-state index in [4.69, 9.17) is 4.74 Å². The number of hydrogen-bond donors (Lipinski definition) is 1. The van der Waals surface area contributed by atoms with Crippen LogP contribution in [0.2, 0.25) is 0 Å². The molecule has 0 unspecified atom stereocenters. The number of aliphatic hydroxyl groups is 1. The van der Waals surface area contributed by atoms with Crippen molar-refractivity contribution < 1.29 is 18.3 Å². The molecule has 0 aliphatic carbocycles. The molecule has 4 atom stereocenters. The minimum atomic E-state index is -3.89. The van der Waals surface area contributed by atoms with Gasteiger partial charge in [-0.05, 0) is 38.5 Å². The molecule has 0 amide bonds. The highest BCUT2D eigenvalue weighted by Crippen LogP contribution is 2.42. The van der Waals surface area contributed by atoms with Crippen molar-refractivity contribution >= 4 is 10.0 Å². The van der Waals surface area contributed by atoms with Gasteiger partial charge in [0.2, 0.25) is 10.0 Å². The average Bonchev–Trinajstić information content (AvgIpc) is 3.01. The monoisotopic (exact) mass is 387 g/mol. The third-order valence-corrected chi connectivity index (χ3v) is 6.93. The summed E-state index contributed by atoms with van der Waals surface area (Å²) in [7, 11) is -3.89. The molecule has 144 valence electrons. The number of ether oxygens (including phenoxy) is 1. The second-order valence-electron chi connectivity index (χ2n) is 7.14. The van der Waals surface area contributed by atoms with Crippen LogP contribution in [0.1, 0.15) is 31.1 Å². The zero-order valence-corrected chi connectivity index (χ0v) is 16.6. The Kier molecular flexibility index (Phi) is 5.27. The predicted octanol–water partition coefficient (Wildman–Crippen LogP) is 3.41. The van der Waals surface area contributed by atoms with Gasteiger partial charge in [0.1, 0.15) is 11.7 Å². The lowest BCUT2D eigenvalue weighted by Crippen LogP contribution is -2.51. The minimum Gasteiger partial charge on any atom is -0.382 e. The Balaban J connectivity index is 2.09. The van der Waals surface area contributed by atoms with Gasteiger partial charge in [-0.25, -0.2) is 8.42 Å². The van der Waals surface area contributed by atoms with Crippen molar-refractivity contribution in [1.82, 2.24) is 4.31 Å². The van der Waals surface area contributed by atoms with E-state index in [-0.39, 0.29) is 4.90 Å². The van der Waals surface area contributed by atoms with Gasteiger partial charge in [0, 0.05) is 0 Å². The third-order valence-electron chi connectivity index (χ3n) is 4.98. The summed E-state index contributed by atoms with van der Waals surface area (Å²) in [6, 6.07) is 15.6. The third kappa shape index (κ3) is 3.58. The molecule has 0 aromatic heterocycles. The maximum Gasteiger partial charge on any atom is 0.245 e. The summed E-state index contributed by atoms with van der Waals surface area (Å²) < 4.78 is 34.2. The molecule has 2 aromatic carbocycles. The number of hydrogen-bond acceptors (Lipinski definition) is 4. The van der Waals surface area contributed by atoms with Gasteiger partial charge >= 0.3 is 0 Å². The van der Waals surface area contributed by atoms with Crippen LogP contribution in [0.3, 0.4) is 0 Å². The molecular formula is C21H25NO4S. The maximum absolute atomic E-state index is 13.4. The van der Waals surface area contributed by atoms with Crippen molar-refractivity contribution in [3.8, 4) is 0 Å². The molecule has 27 heavy (non-hydrogen) atoms. The summed E-state index contributed by atoms with van der Waals surface area (Å²) in [5, 5.41) is 10.8. The highest BCUT2D eigenvalue weighted by atomic mass is 32.2. The van der Waals surface area contributed by atoms with Crippen LogP contribution in [-0.4, -0.2) is 35.7 Å². The van der Waals surface area contributed by atoms with E-state index in [1.807, 2.05) is 37.3 Å². The van der Waals surface area contributed by atoms with E-state index >= 15 is 0 Å². The minimum absolute atomic E-state index is 0.169. The molecule has 1 aliphatic heterocycles. The molecule has 6 heteroatoms. The van der Waals surface area contributed by atoms with Crippen LogP contribution in [-0.2, 0) is 14.8 Å². The quantitative estimate of drug-likeness (QED) is 0.799. The van der Waals surface area contributed by atoms with E-state index in [9.17, 15) is 13.5 Å². The molecule has 3 rings (SSSR count). The summed E-state index contributed by atoms with van der Waals surface area (Å²) in [6.07, 6.45) is -0.264. The van der Waals surface area contributed by atoms with Crippen LogP contribution < -0.4 is 0 Å². The van der Waals surface area contributed by atoms with Crippen molar-refractivity contribution in [1.29, 1.82) is 0 Å². The Hall–Kier alpha value is -1.99. The highest BCUT2D eigenvalue weighted by molar-refractivity contribution is 7.89. The average molecular weight is 388 g/mol. The van der Waals surface area contributed by atoms with Gasteiger partial charge in [-0.1, -0.05) is 54.1 Å². The zero-order valence-electron chi connectivity index (χ0n) is 15.7. The van der Waals surface area contributed by atoms with Crippen molar-refractivity contribution in [3.05, 3.63) is 78.4 Å². The van der Waals surface area contributed by atoms with Gasteiger partial charge in [0.05, 0.1) is 10.9 Å². The second-order valence-corrected chi connectivity index (χ2v) is 8.98. The van der Waals surface area contributed by atoms with Crippen LogP contribution >= 0.6 is 0 Å². The van der Waals surface area contributed by atoms with E-state index in [1.54, 1.807) is 31.2 Å². The van der Waals surface area contributed by atoms with E-state index in [0.29, 0.717) is 0 Å². The van der Waals surface area contributed by atoms with Gasteiger partial charge in [0.15, 0.2) is 6.23 Å². The van der Waals surface area contributed by atoms with Gasteiger partial charge in [0.25, 0.3) is 0 Å². The fourth-order valence-corrected chi connectivity index (χ4v) is 5.12. The van der Waals surface area contributed by atoms with Crippen LogP contribution in [0.15, 0.2) is 72.1 Å². The molecule has 1 heterocycles. The Morgan fingerprint density at radius 1 is 1.15 bits per heavy atom. The van der Waals surface area contributed by atoms with Crippen LogP contribution in [0.25, 0.3) is 0 Å². The Bertz CT molecular complexity index is 907. The predicted molar refractivity (Wildman–Crippen MR) is 105 cm³/mol. The summed E-state index contributed by atoms with van der Waals surface area (Å²) in [5.41, 5.74) is 0.281.